The molecule has 0 saturated carbocycles. The van der Waals surface area contributed by atoms with E-state index in [0.717, 1.165) is 12.8 Å². The average molecular weight is 300 g/mol. The van der Waals surface area contributed by atoms with Gasteiger partial charge in [0.05, 0.1) is 6.61 Å². The molecule has 20 heavy (non-hydrogen) atoms. The Bertz CT molecular complexity index is 281. The van der Waals surface area contributed by atoms with Crippen LogP contribution in [0.5, 0.6) is 0 Å². The minimum absolute atomic E-state index is 0. The molecule has 0 aromatic carbocycles. The van der Waals surface area contributed by atoms with Gasteiger partial charge >= 0.3 is 18.9 Å². The summed E-state index contributed by atoms with van der Waals surface area (Å²) in [4.78, 5) is 0. The van der Waals surface area contributed by atoms with Crippen molar-refractivity contribution in [2.45, 2.75) is 84.0 Å². The molecular formula is C14H29LiO4S. The molecule has 0 aliphatic heterocycles. The van der Waals surface area contributed by atoms with Crippen LogP contribution in [0.15, 0.2) is 0 Å². The van der Waals surface area contributed by atoms with Gasteiger partial charge in [0.25, 0.3) is 0 Å². The van der Waals surface area contributed by atoms with Crippen LogP contribution in [0.4, 0.5) is 0 Å². The van der Waals surface area contributed by atoms with E-state index >= 15 is 0 Å². The van der Waals surface area contributed by atoms with Crippen LogP contribution in [-0.2, 0) is 14.6 Å². The zero-order chi connectivity index (χ0) is 14.4. The fraction of sp³-hybridized carbons (Fsp3) is 1.00. The Balaban J connectivity index is 0. The topological polar surface area (TPSA) is 66.4 Å². The normalized spacial score (nSPS) is 11.3. The fourth-order valence-electron chi connectivity index (χ4n) is 2.10. The maximum absolute atomic E-state index is 10.2. The first-order chi connectivity index (χ1) is 9.06. The molecule has 0 aromatic rings. The van der Waals surface area contributed by atoms with Gasteiger partial charge in [-0.3, -0.25) is 4.18 Å². The van der Waals surface area contributed by atoms with Gasteiger partial charge in [0.15, 0.2) is 0 Å². The third kappa shape index (κ3) is 20.8. The van der Waals surface area contributed by atoms with Gasteiger partial charge in [-0.2, -0.15) is 0 Å². The first-order valence-corrected chi connectivity index (χ1v) is 9.00. The summed E-state index contributed by atoms with van der Waals surface area (Å²) in [7, 11) is -4.49. The Morgan fingerprint density at radius 1 is 0.750 bits per heavy atom. The zero-order valence-electron chi connectivity index (χ0n) is 13.2. The number of hydrogen-bond acceptors (Lipinski definition) is 4. The van der Waals surface area contributed by atoms with Crippen LogP contribution in [0.25, 0.3) is 0 Å². The summed E-state index contributed by atoms with van der Waals surface area (Å²) in [5.74, 6) is 0. The van der Waals surface area contributed by atoms with E-state index in [4.69, 9.17) is 0 Å². The molecule has 116 valence electrons. The Morgan fingerprint density at radius 3 is 1.45 bits per heavy atom. The van der Waals surface area contributed by atoms with Crippen molar-refractivity contribution in [3.8, 4) is 0 Å². The van der Waals surface area contributed by atoms with Crippen LogP contribution < -0.4 is 18.9 Å². The van der Waals surface area contributed by atoms with Crippen LogP contribution in [0.2, 0.25) is 0 Å². The Labute approximate surface area is 137 Å². The van der Waals surface area contributed by atoms with Crippen molar-refractivity contribution < 1.29 is 36.0 Å². The van der Waals surface area contributed by atoms with Crippen LogP contribution in [0, 0.1) is 0 Å². The summed E-state index contributed by atoms with van der Waals surface area (Å²) in [5, 5.41) is 0. The number of unbranched alkanes of at least 4 members (excludes halogenated alkanes) is 11. The summed E-state index contributed by atoms with van der Waals surface area (Å²) in [6.07, 6.45) is 14.5. The van der Waals surface area contributed by atoms with Crippen molar-refractivity contribution >= 4 is 10.4 Å². The SMILES string of the molecule is CCCCCCCCCCCCCCOS(=O)(=O)[O-].[Li+]. The van der Waals surface area contributed by atoms with E-state index in [-0.39, 0.29) is 25.5 Å². The smallest absolute Gasteiger partial charge is 0.726 e. The van der Waals surface area contributed by atoms with Crippen molar-refractivity contribution in [2.24, 2.45) is 0 Å². The van der Waals surface area contributed by atoms with Gasteiger partial charge in [-0.1, -0.05) is 77.6 Å². The van der Waals surface area contributed by atoms with E-state index in [1.807, 2.05) is 0 Å². The quantitative estimate of drug-likeness (QED) is 0.209. The molecule has 4 nitrogen and oxygen atoms in total. The molecule has 6 heteroatoms. The molecule has 0 amide bonds. The van der Waals surface area contributed by atoms with Crippen molar-refractivity contribution in [1.29, 1.82) is 0 Å². The van der Waals surface area contributed by atoms with Gasteiger partial charge in [0, 0.05) is 0 Å². The molecule has 0 spiro atoms. The number of hydrogen-bond donors (Lipinski definition) is 0. The minimum atomic E-state index is -4.49. The first kappa shape index (κ1) is 22.7. The van der Waals surface area contributed by atoms with E-state index in [1.54, 1.807) is 0 Å². The second-order valence-electron chi connectivity index (χ2n) is 5.12. The van der Waals surface area contributed by atoms with Gasteiger partial charge in [-0.25, -0.2) is 8.42 Å². The summed E-state index contributed by atoms with van der Waals surface area (Å²) >= 11 is 0. The van der Waals surface area contributed by atoms with Gasteiger partial charge in [0.2, 0.25) is 10.4 Å². The third-order valence-electron chi connectivity index (χ3n) is 3.23. The van der Waals surface area contributed by atoms with E-state index in [1.165, 1.54) is 57.8 Å². The van der Waals surface area contributed by atoms with E-state index in [0.29, 0.717) is 6.42 Å². The summed E-state index contributed by atoms with van der Waals surface area (Å²) in [6.45, 7) is 2.26. The van der Waals surface area contributed by atoms with E-state index < -0.39 is 10.4 Å². The second-order valence-corrected chi connectivity index (χ2v) is 6.17. The molecule has 0 aliphatic rings. The molecule has 0 N–H and O–H groups in total. The standard InChI is InChI=1S/C14H30O4S.Li/c1-2-3-4-5-6-7-8-9-10-11-12-13-14-18-19(15,16)17;/h2-14H2,1H3,(H,15,16,17);/q;+1/p-1. The van der Waals surface area contributed by atoms with Crippen molar-refractivity contribution in [3.05, 3.63) is 0 Å². The summed E-state index contributed by atoms with van der Waals surface area (Å²) in [5.41, 5.74) is 0. The van der Waals surface area contributed by atoms with Crippen LogP contribution in [-0.4, -0.2) is 19.6 Å². The zero-order valence-corrected chi connectivity index (χ0v) is 14.1. The molecular weight excluding hydrogens is 271 g/mol. The predicted octanol–water partition coefficient (Wildman–Crippen LogP) is 1.17. The van der Waals surface area contributed by atoms with Gasteiger partial charge in [0.1, 0.15) is 0 Å². The molecule has 0 bridgehead atoms. The number of rotatable bonds is 14. The van der Waals surface area contributed by atoms with Gasteiger partial charge < -0.3 is 4.55 Å². The molecule has 0 rings (SSSR count). The monoisotopic (exact) mass is 300 g/mol. The largest absolute Gasteiger partial charge is 1.00 e. The molecule has 0 saturated heterocycles. The minimum Gasteiger partial charge on any atom is -0.726 e. The van der Waals surface area contributed by atoms with E-state index in [2.05, 4.69) is 11.1 Å². The molecule has 0 unspecified atom stereocenters. The average Bonchev–Trinajstić information content (AvgIpc) is 2.34. The van der Waals surface area contributed by atoms with Crippen LogP contribution in [0.1, 0.15) is 84.0 Å². The van der Waals surface area contributed by atoms with E-state index in [9.17, 15) is 13.0 Å². The third-order valence-corrected chi connectivity index (χ3v) is 3.68. The Morgan fingerprint density at radius 2 is 1.10 bits per heavy atom. The molecule has 0 aromatic heterocycles. The van der Waals surface area contributed by atoms with Crippen molar-refractivity contribution in [1.82, 2.24) is 0 Å². The molecule has 0 heterocycles. The molecule has 0 atom stereocenters. The Hall–Kier alpha value is 0.467. The van der Waals surface area contributed by atoms with Gasteiger partial charge in [-0.05, 0) is 6.42 Å². The van der Waals surface area contributed by atoms with Crippen LogP contribution in [0.3, 0.4) is 0 Å². The molecule has 0 radical (unpaired) electrons. The summed E-state index contributed by atoms with van der Waals surface area (Å²) in [6, 6.07) is 0. The maximum atomic E-state index is 10.2. The maximum Gasteiger partial charge on any atom is 1.00 e. The fourth-order valence-corrected chi connectivity index (χ4v) is 2.43. The van der Waals surface area contributed by atoms with Crippen molar-refractivity contribution in [3.63, 3.8) is 0 Å². The van der Waals surface area contributed by atoms with Gasteiger partial charge in [-0.15, -0.1) is 0 Å². The van der Waals surface area contributed by atoms with Crippen LogP contribution >= 0.6 is 0 Å². The summed E-state index contributed by atoms with van der Waals surface area (Å²) < 4.78 is 34.6. The second kappa shape index (κ2) is 15.8. The molecule has 0 aliphatic carbocycles. The first-order valence-electron chi connectivity index (χ1n) is 7.66. The Kier molecular flexibility index (Phi) is 18.0. The van der Waals surface area contributed by atoms with Crippen molar-refractivity contribution in [2.75, 3.05) is 6.61 Å². The predicted molar refractivity (Wildman–Crippen MR) is 76.7 cm³/mol. The molecule has 0 fully saturated rings.